The fraction of sp³-hybridized carbons (Fsp3) is 0.600. The zero-order chi connectivity index (χ0) is 19.3. The van der Waals surface area contributed by atoms with E-state index in [0.29, 0.717) is 24.0 Å². The van der Waals surface area contributed by atoms with Crippen molar-refractivity contribution in [3.05, 3.63) is 29.2 Å². The van der Waals surface area contributed by atoms with E-state index in [1.54, 1.807) is 18.2 Å². The van der Waals surface area contributed by atoms with E-state index in [0.717, 1.165) is 17.9 Å². The van der Waals surface area contributed by atoms with Crippen LogP contribution in [0.25, 0.3) is 11.0 Å². The first-order valence-corrected chi connectivity index (χ1v) is 10.3. The number of hydrogen-bond acceptors (Lipinski definition) is 6. The number of imidazole rings is 1. The number of anilines is 1. The van der Waals surface area contributed by atoms with Crippen molar-refractivity contribution in [2.75, 3.05) is 24.9 Å². The first-order valence-electron chi connectivity index (χ1n) is 10.3. The minimum Gasteiger partial charge on any atom is -0.733 e. The lowest BCUT2D eigenvalue weighted by Crippen LogP contribution is -2.52. The summed E-state index contributed by atoms with van der Waals surface area (Å²) in [7, 11) is 0. The molecule has 8 heteroatoms. The average molecular weight is 384 g/mol. The molecule has 150 valence electrons. The molecular weight excluding hydrogens is 358 g/mol. The summed E-state index contributed by atoms with van der Waals surface area (Å²) in [6.07, 6.45) is 6.26. The van der Waals surface area contributed by atoms with Gasteiger partial charge in [-0.15, -0.1) is 0 Å². The summed E-state index contributed by atoms with van der Waals surface area (Å²) in [5, 5.41) is 20.1. The van der Waals surface area contributed by atoms with Gasteiger partial charge in [-0.05, 0) is 62.9 Å². The van der Waals surface area contributed by atoms with Crippen LogP contribution in [0.5, 0.6) is 0 Å². The second-order valence-electron chi connectivity index (χ2n) is 8.34. The van der Waals surface area contributed by atoms with E-state index in [-0.39, 0.29) is 23.4 Å². The predicted molar refractivity (Wildman–Crippen MR) is 105 cm³/mol. The Balaban J connectivity index is 1.37. The maximum Gasteiger partial charge on any atom is 0.242 e. The van der Waals surface area contributed by atoms with Crippen LogP contribution in [0.3, 0.4) is 0 Å². The molecule has 28 heavy (non-hydrogen) atoms. The summed E-state index contributed by atoms with van der Waals surface area (Å²) >= 11 is 0. The molecule has 2 aromatic rings. The van der Waals surface area contributed by atoms with Crippen LogP contribution in [0.2, 0.25) is 0 Å². The van der Waals surface area contributed by atoms with Crippen LogP contribution in [-0.2, 0) is 17.9 Å². The van der Waals surface area contributed by atoms with E-state index in [2.05, 4.69) is 9.88 Å². The van der Waals surface area contributed by atoms with Gasteiger partial charge in [0.15, 0.2) is 0 Å². The minimum atomic E-state index is -0.159. The summed E-state index contributed by atoms with van der Waals surface area (Å²) in [6.45, 7) is 4.00. The zero-order valence-electron chi connectivity index (χ0n) is 16.0. The van der Waals surface area contributed by atoms with Gasteiger partial charge < -0.3 is 24.8 Å². The molecule has 0 spiro atoms. The van der Waals surface area contributed by atoms with Crippen molar-refractivity contribution in [2.45, 2.75) is 51.2 Å². The molecule has 0 unspecified atom stereocenters. The van der Waals surface area contributed by atoms with Crippen LogP contribution in [0.15, 0.2) is 18.2 Å². The molecule has 3 aliphatic heterocycles. The van der Waals surface area contributed by atoms with Gasteiger partial charge in [0.25, 0.3) is 0 Å². The molecule has 1 N–H and O–H groups in total. The van der Waals surface area contributed by atoms with Crippen molar-refractivity contribution in [3.8, 4) is 0 Å². The molecule has 2 atom stereocenters. The van der Waals surface area contributed by atoms with Gasteiger partial charge in [0.05, 0.1) is 23.3 Å². The summed E-state index contributed by atoms with van der Waals surface area (Å²) < 4.78 is 1.93. The van der Waals surface area contributed by atoms with Gasteiger partial charge in [0.1, 0.15) is 12.4 Å². The molecule has 1 aromatic carbocycles. The largest absolute Gasteiger partial charge is 0.733 e. The number of piperidine rings is 2. The number of benzene rings is 1. The number of carbonyl (C=O) groups is 1. The zero-order valence-corrected chi connectivity index (χ0v) is 16.0. The first kappa shape index (κ1) is 17.9. The summed E-state index contributed by atoms with van der Waals surface area (Å²) in [5.74, 6) is 1.53. The molecule has 0 saturated carbocycles. The number of hydrogen-bond donors (Lipinski definition) is 1. The van der Waals surface area contributed by atoms with Gasteiger partial charge in [-0.2, -0.15) is 0 Å². The standard InChI is InChI=1S/C20H26N5O3/c26-20-13-24-18-7-6-15(25(27)28)10-16(18)21-19(24)12-23(20)11-14-4-3-9-22-8-2-1-5-17(14)22/h6-7,10,14,17,27H,1-5,8-9,11-13H2/q-1/t14-,17-/m1/s1. The summed E-state index contributed by atoms with van der Waals surface area (Å²) in [5.41, 5.74) is 1.60. The summed E-state index contributed by atoms with van der Waals surface area (Å²) in [4.78, 5) is 22.1. The maximum absolute atomic E-state index is 12.9. The normalized spacial score (nSPS) is 25.6. The SMILES string of the molecule is O=C1Cn2c(nc3cc(N([O-])O)ccc32)CN1C[C@H]1CCCN2CCCC[C@H]12. The Morgan fingerprint density at radius 2 is 2.04 bits per heavy atom. The third kappa shape index (κ3) is 3.05. The van der Waals surface area contributed by atoms with Crippen LogP contribution in [0.4, 0.5) is 5.69 Å². The van der Waals surface area contributed by atoms with Crippen molar-refractivity contribution in [2.24, 2.45) is 5.92 Å². The second-order valence-corrected chi connectivity index (χ2v) is 8.34. The van der Waals surface area contributed by atoms with E-state index in [9.17, 15) is 10.0 Å². The Hall–Kier alpha value is -2.16. The number of fused-ring (bicyclic) bond motifs is 4. The number of aromatic nitrogens is 2. The molecular formula is C20H26N5O3-. The van der Waals surface area contributed by atoms with Crippen LogP contribution < -0.4 is 5.23 Å². The third-order valence-corrected chi connectivity index (χ3v) is 6.69. The van der Waals surface area contributed by atoms with Crippen molar-refractivity contribution in [3.63, 3.8) is 0 Å². The average Bonchev–Trinajstić information content (AvgIpc) is 3.05. The smallest absolute Gasteiger partial charge is 0.242 e. The van der Waals surface area contributed by atoms with Crippen LogP contribution in [-0.4, -0.2) is 56.1 Å². The van der Waals surface area contributed by atoms with Crippen LogP contribution in [0.1, 0.15) is 37.9 Å². The Bertz CT molecular complexity index is 893. The molecule has 3 aliphatic rings. The maximum atomic E-state index is 12.9. The molecule has 2 saturated heterocycles. The predicted octanol–water partition coefficient (Wildman–Crippen LogP) is 2.34. The van der Waals surface area contributed by atoms with E-state index >= 15 is 0 Å². The molecule has 1 amide bonds. The van der Waals surface area contributed by atoms with Crippen LogP contribution >= 0.6 is 0 Å². The molecule has 4 heterocycles. The fourth-order valence-electron chi connectivity index (χ4n) is 5.32. The van der Waals surface area contributed by atoms with Crippen molar-refractivity contribution < 1.29 is 10.0 Å². The number of carbonyl (C=O) groups excluding carboxylic acids is 1. The fourth-order valence-corrected chi connectivity index (χ4v) is 5.32. The number of rotatable bonds is 3. The number of amides is 1. The molecule has 2 fully saturated rings. The molecule has 1 aromatic heterocycles. The second kappa shape index (κ2) is 7.02. The van der Waals surface area contributed by atoms with Crippen LogP contribution in [0, 0.1) is 11.1 Å². The highest BCUT2D eigenvalue weighted by molar-refractivity contribution is 5.84. The van der Waals surface area contributed by atoms with E-state index in [1.807, 2.05) is 9.47 Å². The molecule has 5 rings (SSSR count). The van der Waals surface area contributed by atoms with Gasteiger partial charge in [0, 0.05) is 12.6 Å². The van der Waals surface area contributed by atoms with Crippen molar-refractivity contribution in [1.29, 1.82) is 0 Å². The summed E-state index contributed by atoms with van der Waals surface area (Å²) in [6, 6.07) is 5.46. The lowest BCUT2D eigenvalue weighted by molar-refractivity contribution is -0.135. The van der Waals surface area contributed by atoms with E-state index in [4.69, 9.17) is 5.21 Å². The lowest BCUT2D eigenvalue weighted by atomic mass is 9.83. The highest BCUT2D eigenvalue weighted by Crippen LogP contribution is 2.33. The topological polar surface area (TPSA) is 87.9 Å². The molecule has 0 radical (unpaired) electrons. The Morgan fingerprint density at radius 1 is 1.18 bits per heavy atom. The van der Waals surface area contributed by atoms with E-state index in [1.165, 1.54) is 45.2 Å². The van der Waals surface area contributed by atoms with Gasteiger partial charge in [-0.1, -0.05) is 6.42 Å². The molecule has 8 nitrogen and oxygen atoms in total. The first-order chi connectivity index (χ1) is 13.6. The Kier molecular flexibility index (Phi) is 4.49. The van der Waals surface area contributed by atoms with Crippen molar-refractivity contribution in [1.82, 2.24) is 19.4 Å². The highest BCUT2D eigenvalue weighted by Gasteiger charge is 2.36. The van der Waals surface area contributed by atoms with E-state index < -0.39 is 0 Å². The lowest BCUT2D eigenvalue weighted by Gasteiger charge is -2.46. The Morgan fingerprint density at radius 3 is 2.89 bits per heavy atom. The van der Waals surface area contributed by atoms with Gasteiger partial charge in [-0.3, -0.25) is 10.0 Å². The molecule has 0 aliphatic carbocycles. The number of nitrogens with zero attached hydrogens (tertiary/aromatic N) is 5. The van der Waals surface area contributed by atoms with Gasteiger partial charge in [0.2, 0.25) is 5.91 Å². The molecule has 0 bridgehead atoms. The highest BCUT2D eigenvalue weighted by atomic mass is 16.8. The van der Waals surface area contributed by atoms with Crippen molar-refractivity contribution >= 4 is 22.6 Å². The van der Waals surface area contributed by atoms with Gasteiger partial charge >= 0.3 is 0 Å². The minimum absolute atomic E-state index is 0.136. The Labute approximate surface area is 163 Å². The quantitative estimate of drug-likeness (QED) is 0.818. The third-order valence-electron chi connectivity index (χ3n) is 6.69. The van der Waals surface area contributed by atoms with Gasteiger partial charge in [-0.25, -0.2) is 4.98 Å². The monoisotopic (exact) mass is 384 g/mol.